The molecule has 0 unspecified atom stereocenters. The van der Waals surface area contributed by atoms with E-state index in [-0.39, 0.29) is 5.69 Å². The number of nitro groups is 1. The van der Waals surface area contributed by atoms with E-state index in [1.165, 1.54) is 17.7 Å². The molecular weight excluding hydrogens is 274 g/mol. The average molecular weight is 289 g/mol. The molecule has 1 fully saturated rings. The lowest BCUT2D eigenvalue weighted by atomic mass is 10.2. The maximum Gasteiger partial charge on any atom is 0.271 e. The Bertz CT molecular complexity index is 623. The molecule has 0 atom stereocenters. The number of nitrogens with two attached hydrogens (primary N) is 1. The molecule has 0 radical (unpaired) electrons. The number of thiophene rings is 1. The molecule has 0 amide bonds. The van der Waals surface area contributed by atoms with Crippen LogP contribution >= 0.6 is 11.3 Å². The van der Waals surface area contributed by atoms with Gasteiger partial charge in [0.1, 0.15) is 0 Å². The molecule has 20 heavy (non-hydrogen) atoms. The molecule has 1 aliphatic rings. The summed E-state index contributed by atoms with van der Waals surface area (Å²) in [5.41, 5.74) is 8.67. The minimum Gasteiger partial charge on any atom is -0.397 e. The Morgan fingerprint density at radius 3 is 2.75 bits per heavy atom. The highest BCUT2D eigenvalue weighted by Crippen LogP contribution is 2.37. The van der Waals surface area contributed by atoms with Gasteiger partial charge in [-0.3, -0.25) is 10.1 Å². The molecule has 0 saturated heterocycles. The summed E-state index contributed by atoms with van der Waals surface area (Å²) in [5, 5.41) is 15.0. The van der Waals surface area contributed by atoms with Crippen molar-refractivity contribution in [2.24, 2.45) is 0 Å². The Morgan fingerprint density at radius 1 is 1.40 bits per heavy atom. The predicted molar refractivity (Wildman–Crippen MR) is 81.0 cm³/mol. The van der Waals surface area contributed by atoms with Crippen LogP contribution < -0.4 is 10.6 Å². The van der Waals surface area contributed by atoms with Crippen LogP contribution in [0.5, 0.6) is 0 Å². The Labute approximate surface area is 120 Å². The third-order valence-electron chi connectivity index (χ3n) is 3.45. The van der Waals surface area contributed by atoms with E-state index in [1.807, 2.05) is 0 Å². The Morgan fingerprint density at radius 2 is 2.20 bits per heavy atom. The fourth-order valence-corrected chi connectivity index (χ4v) is 2.95. The van der Waals surface area contributed by atoms with Crippen LogP contribution in [0.1, 0.15) is 18.4 Å². The fraction of sp³-hybridized carbons (Fsp3) is 0.286. The van der Waals surface area contributed by atoms with Crippen molar-refractivity contribution < 1.29 is 4.92 Å². The third kappa shape index (κ3) is 2.60. The maximum atomic E-state index is 10.8. The van der Waals surface area contributed by atoms with Gasteiger partial charge < -0.3 is 10.6 Å². The van der Waals surface area contributed by atoms with E-state index in [1.54, 1.807) is 17.4 Å². The number of hydrogen-bond acceptors (Lipinski definition) is 5. The minimum atomic E-state index is -0.416. The van der Waals surface area contributed by atoms with E-state index in [0.29, 0.717) is 11.7 Å². The van der Waals surface area contributed by atoms with E-state index in [9.17, 15) is 10.1 Å². The van der Waals surface area contributed by atoms with Gasteiger partial charge in [0.25, 0.3) is 5.69 Å². The highest BCUT2D eigenvalue weighted by Gasteiger charge is 2.30. The molecule has 1 heterocycles. The molecule has 1 saturated carbocycles. The van der Waals surface area contributed by atoms with Crippen LogP contribution in [-0.4, -0.2) is 11.0 Å². The first-order valence-corrected chi connectivity index (χ1v) is 7.41. The van der Waals surface area contributed by atoms with Crippen molar-refractivity contribution in [2.45, 2.75) is 25.4 Å². The number of benzene rings is 1. The lowest BCUT2D eigenvalue weighted by molar-refractivity contribution is -0.384. The van der Waals surface area contributed by atoms with Crippen molar-refractivity contribution in [1.29, 1.82) is 0 Å². The summed E-state index contributed by atoms with van der Waals surface area (Å²) in [6.07, 6.45) is 2.31. The van der Waals surface area contributed by atoms with Crippen LogP contribution in [0.2, 0.25) is 0 Å². The molecule has 0 spiro atoms. The van der Waals surface area contributed by atoms with E-state index in [4.69, 9.17) is 5.73 Å². The Balaban J connectivity index is 1.89. The predicted octanol–water partition coefficient (Wildman–Crippen LogP) is 3.41. The molecule has 0 aliphatic heterocycles. The van der Waals surface area contributed by atoms with Gasteiger partial charge in [-0.15, -0.1) is 0 Å². The van der Waals surface area contributed by atoms with Crippen LogP contribution in [0, 0.1) is 10.1 Å². The minimum absolute atomic E-state index is 0.0394. The molecule has 2 aromatic rings. The van der Waals surface area contributed by atoms with Gasteiger partial charge in [-0.2, -0.15) is 11.3 Å². The number of hydrogen-bond donors (Lipinski definition) is 1. The van der Waals surface area contributed by atoms with Gasteiger partial charge >= 0.3 is 0 Å². The van der Waals surface area contributed by atoms with Gasteiger partial charge in [-0.1, -0.05) is 0 Å². The number of nitro benzene ring substituents is 1. The summed E-state index contributed by atoms with van der Waals surface area (Å²) in [6.45, 7) is 0.802. The Hall–Kier alpha value is -2.08. The van der Waals surface area contributed by atoms with Gasteiger partial charge in [0.2, 0.25) is 0 Å². The molecular formula is C14H15N3O2S. The smallest absolute Gasteiger partial charge is 0.271 e. The third-order valence-corrected chi connectivity index (χ3v) is 4.18. The van der Waals surface area contributed by atoms with Crippen molar-refractivity contribution in [3.63, 3.8) is 0 Å². The molecule has 2 N–H and O–H groups in total. The van der Waals surface area contributed by atoms with Crippen molar-refractivity contribution in [3.8, 4) is 0 Å². The highest BCUT2D eigenvalue weighted by atomic mass is 32.1. The van der Waals surface area contributed by atoms with Crippen LogP contribution in [0.3, 0.4) is 0 Å². The van der Waals surface area contributed by atoms with Gasteiger partial charge in [0.15, 0.2) is 0 Å². The molecule has 1 aliphatic carbocycles. The molecule has 5 nitrogen and oxygen atoms in total. The molecule has 0 bridgehead atoms. The summed E-state index contributed by atoms with van der Waals surface area (Å²) in [7, 11) is 0. The number of nitrogens with zero attached hydrogens (tertiary/aromatic N) is 2. The van der Waals surface area contributed by atoms with Gasteiger partial charge in [-0.05, 0) is 41.3 Å². The van der Waals surface area contributed by atoms with E-state index >= 15 is 0 Å². The first-order valence-electron chi connectivity index (χ1n) is 6.47. The zero-order valence-corrected chi connectivity index (χ0v) is 11.7. The summed E-state index contributed by atoms with van der Waals surface area (Å²) in [4.78, 5) is 12.6. The summed E-state index contributed by atoms with van der Waals surface area (Å²) in [6, 6.07) is 7.32. The monoisotopic (exact) mass is 289 g/mol. The standard InChI is InChI=1S/C14H15N3O2S/c15-13-7-12(17(18)19)3-4-14(13)16(11-1-2-11)8-10-5-6-20-9-10/h3-7,9,11H,1-2,8,15H2. The maximum absolute atomic E-state index is 10.8. The van der Waals surface area contributed by atoms with Crippen molar-refractivity contribution in [2.75, 3.05) is 10.6 Å². The lowest BCUT2D eigenvalue weighted by Gasteiger charge is -2.25. The van der Waals surface area contributed by atoms with E-state index in [2.05, 4.69) is 21.7 Å². The fourth-order valence-electron chi connectivity index (χ4n) is 2.29. The SMILES string of the molecule is Nc1cc([N+](=O)[O-])ccc1N(Cc1ccsc1)C1CC1. The first-order chi connectivity index (χ1) is 9.65. The zero-order chi connectivity index (χ0) is 14.1. The summed E-state index contributed by atoms with van der Waals surface area (Å²) in [5.74, 6) is 0. The van der Waals surface area contributed by atoms with Crippen LogP contribution in [0.15, 0.2) is 35.0 Å². The highest BCUT2D eigenvalue weighted by molar-refractivity contribution is 7.07. The molecule has 3 rings (SSSR count). The van der Waals surface area contributed by atoms with Crippen molar-refractivity contribution >= 4 is 28.4 Å². The van der Waals surface area contributed by atoms with Gasteiger partial charge in [0.05, 0.1) is 16.3 Å². The number of anilines is 2. The summed E-state index contributed by atoms with van der Waals surface area (Å²) < 4.78 is 0. The Kier molecular flexibility index (Phi) is 3.31. The number of nitrogen functional groups attached to an aromatic ring is 1. The van der Waals surface area contributed by atoms with Crippen molar-refractivity contribution in [3.05, 3.63) is 50.7 Å². The van der Waals surface area contributed by atoms with Crippen LogP contribution in [0.4, 0.5) is 17.1 Å². The van der Waals surface area contributed by atoms with Crippen LogP contribution in [0.25, 0.3) is 0 Å². The normalized spacial score (nSPS) is 14.2. The first kappa shape index (κ1) is 12.9. The lowest BCUT2D eigenvalue weighted by Crippen LogP contribution is -2.25. The second kappa shape index (κ2) is 5.13. The largest absolute Gasteiger partial charge is 0.397 e. The second-order valence-corrected chi connectivity index (χ2v) is 5.77. The molecule has 6 heteroatoms. The van der Waals surface area contributed by atoms with E-state index in [0.717, 1.165) is 25.1 Å². The zero-order valence-electron chi connectivity index (χ0n) is 10.9. The average Bonchev–Trinajstić information content (AvgIpc) is 3.14. The number of non-ortho nitro benzene ring substituents is 1. The molecule has 1 aromatic heterocycles. The van der Waals surface area contributed by atoms with Crippen LogP contribution in [-0.2, 0) is 6.54 Å². The van der Waals surface area contributed by atoms with Gasteiger partial charge in [0, 0.05) is 24.7 Å². The molecule has 104 valence electrons. The number of rotatable bonds is 5. The van der Waals surface area contributed by atoms with E-state index < -0.39 is 4.92 Å². The van der Waals surface area contributed by atoms with Crippen molar-refractivity contribution in [1.82, 2.24) is 0 Å². The quantitative estimate of drug-likeness (QED) is 0.520. The topological polar surface area (TPSA) is 72.4 Å². The second-order valence-electron chi connectivity index (χ2n) is 4.99. The van der Waals surface area contributed by atoms with Gasteiger partial charge in [-0.25, -0.2) is 0 Å². The molecule has 1 aromatic carbocycles. The summed E-state index contributed by atoms with van der Waals surface area (Å²) >= 11 is 1.67.